The number of hydrogen-bond acceptors (Lipinski definition) is 1. The van der Waals surface area contributed by atoms with E-state index >= 15 is 0 Å². The van der Waals surface area contributed by atoms with Crippen LogP contribution in [0.2, 0.25) is 0 Å². The first-order chi connectivity index (χ1) is 6.97. The van der Waals surface area contributed by atoms with Crippen LogP contribution in [0.15, 0.2) is 12.1 Å². The van der Waals surface area contributed by atoms with E-state index in [0.29, 0.717) is 0 Å². The van der Waals surface area contributed by atoms with E-state index in [4.69, 9.17) is 11.6 Å². The maximum atomic E-state index is 11.5. The van der Waals surface area contributed by atoms with E-state index in [-0.39, 0.29) is 11.8 Å². The van der Waals surface area contributed by atoms with Crippen molar-refractivity contribution in [3.05, 3.63) is 28.8 Å². The largest absolute Gasteiger partial charge is 0.314 e. The Balaban J connectivity index is 3.14. The molecule has 0 aromatic heterocycles. The highest BCUT2D eigenvalue weighted by Crippen LogP contribution is 2.23. The van der Waals surface area contributed by atoms with Gasteiger partial charge in [-0.2, -0.15) is 0 Å². The van der Waals surface area contributed by atoms with Gasteiger partial charge in [0.15, 0.2) is 0 Å². The minimum absolute atomic E-state index is 0.0167. The number of aryl methyl sites for hydroxylation is 3. The van der Waals surface area contributed by atoms with E-state index in [1.54, 1.807) is 11.9 Å². The monoisotopic (exact) mass is 225 g/mol. The topological polar surface area (TPSA) is 20.3 Å². The molecule has 0 atom stereocenters. The van der Waals surface area contributed by atoms with Crippen molar-refractivity contribution in [3.8, 4) is 0 Å². The van der Waals surface area contributed by atoms with Gasteiger partial charge in [0.05, 0.1) is 0 Å². The lowest BCUT2D eigenvalue weighted by Crippen LogP contribution is -2.28. The summed E-state index contributed by atoms with van der Waals surface area (Å²) in [5.74, 6) is -0.0638. The van der Waals surface area contributed by atoms with Crippen LogP contribution >= 0.6 is 11.6 Å². The van der Waals surface area contributed by atoms with Crippen molar-refractivity contribution in [2.45, 2.75) is 20.8 Å². The number of nitrogens with zero attached hydrogens (tertiary/aromatic N) is 1. The van der Waals surface area contributed by atoms with Gasteiger partial charge < -0.3 is 4.90 Å². The first kappa shape index (κ1) is 12.1. The second-order valence-electron chi connectivity index (χ2n) is 3.81. The molecule has 0 aliphatic heterocycles. The number of anilines is 1. The molecular formula is C12H16ClNO. The molecule has 0 saturated heterocycles. The van der Waals surface area contributed by atoms with Gasteiger partial charge >= 0.3 is 0 Å². The normalized spacial score (nSPS) is 10.2. The molecule has 0 saturated carbocycles. The van der Waals surface area contributed by atoms with Crippen molar-refractivity contribution in [1.29, 1.82) is 0 Å². The van der Waals surface area contributed by atoms with Crippen LogP contribution in [0, 0.1) is 20.8 Å². The summed E-state index contributed by atoms with van der Waals surface area (Å²) in [4.78, 5) is 13.1. The average molecular weight is 226 g/mol. The van der Waals surface area contributed by atoms with Gasteiger partial charge in [-0.25, -0.2) is 0 Å². The maximum absolute atomic E-state index is 11.5. The highest BCUT2D eigenvalue weighted by Gasteiger charge is 2.12. The molecule has 1 rings (SSSR count). The summed E-state index contributed by atoms with van der Waals surface area (Å²) >= 11 is 5.53. The summed E-state index contributed by atoms with van der Waals surface area (Å²) in [6, 6.07) is 4.11. The van der Waals surface area contributed by atoms with Crippen LogP contribution in [0.5, 0.6) is 0 Å². The third-order valence-corrected chi connectivity index (χ3v) is 2.89. The van der Waals surface area contributed by atoms with Crippen molar-refractivity contribution >= 4 is 23.2 Å². The summed E-state index contributed by atoms with van der Waals surface area (Å²) < 4.78 is 0. The Bertz CT molecular complexity index is 387. The third-order valence-electron chi connectivity index (χ3n) is 2.66. The Morgan fingerprint density at radius 3 is 2.27 bits per heavy atom. The molecule has 1 amide bonds. The van der Waals surface area contributed by atoms with Crippen LogP contribution in [-0.2, 0) is 4.79 Å². The molecule has 0 aliphatic rings. The number of alkyl halides is 1. The molecule has 1 aromatic rings. The Hall–Kier alpha value is -1.02. The van der Waals surface area contributed by atoms with Gasteiger partial charge in [0.25, 0.3) is 0 Å². The standard InChI is InChI=1S/C12H16ClNO/c1-8-5-10(3)11(6-9(8)2)14(4)12(15)7-13/h5-6H,7H2,1-4H3. The molecule has 0 unspecified atom stereocenters. The van der Waals surface area contributed by atoms with Gasteiger partial charge in [-0.1, -0.05) is 6.07 Å². The molecule has 3 heteroatoms. The predicted octanol–water partition coefficient (Wildman–Crippen LogP) is 2.81. The van der Waals surface area contributed by atoms with Gasteiger partial charge in [0, 0.05) is 12.7 Å². The fraction of sp³-hybridized carbons (Fsp3) is 0.417. The molecule has 82 valence electrons. The number of carbonyl (C=O) groups is 1. The van der Waals surface area contributed by atoms with Crippen molar-refractivity contribution in [3.63, 3.8) is 0 Å². The average Bonchev–Trinajstić information content (AvgIpc) is 2.21. The first-order valence-electron chi connectivity index (χ1n) is 4.87. The Labute approximate surface area is 95.8 Å². The van der Waals surface area contributed by atoms with E-state index in [1.807, 2.05) is 19.9 Å². The van der Waals surface area contributed by atoms with Gasteiger partial charge in [-0.3, -0.25) is 4.79 Å². The summed E-state index contributed by atoms with van der Waals surface area (Å²) in [5, 5.41) is 0. The fourth-order valence-electron chi connectivity index (χ4n) is 1.53. The zero-order valence-corrected chi connectivity index (χ0v) is 10.4. The lowest BCUT2D eigenvalue weighted by atomic mass is 10.0. The zero-order valence-electron chi connectivity index (χ0n) is 9.60. The van der Waals surface area contributed by atoms with E-state index in [1.165, 1.54) is 11.1 Å². The zero-order chi connectivity index (χ0) is 11.6. The van der Waals surface area contributed by atoms with Crippen LogP contribution in [0.3, 0.4) is 0 Å². The molecule has 0 aliphatic carbocycles. The minimum atomic E-state index is -0.0805. The van der Waals surface area contributed by atoms with Crippen molar-refractivity contribution in [1.82, 2.24) is 0 Å². The SMILES string of the molecule is Cc1cc(C)c(N(C)C(=O)CCl)cc1C. The highest BCUT2D eigenvalue weighted by molar-refractivity contribution is 6.29. The van der Waals surface area contributed by atoms with E-state index in [9.17, 15) is 4.79 Å². The number of halogens is 1. The van der Waals surface area contributed by atoms with Gasteiger partial charge in [0.1, 0.15) is 5.88 Å². The Morgan fingerprint density at radius 2 is 1.73 bits per heavy atom. The summed E-state index contributed by atoms with van der Waals surface area (Å²) in [7, 11) is 1.75. The van der Waals surface area contributed by atoms with Gasteiger partial charge in [-0.05, 0) is 43.5 Å². The number of hydrogen-bond donors (Lipinski definition) is 0. The molecule has 0 heterocycles. The third kappa shape index (κ3) is 2.51. The van der Waals surface area contributed by atoms with Crippen molar-refractivity contribution < 1.29 is 4.79 Å². The number of benzene rings is 1. The molecule has 0 N–H and O–H groups in total. The van der Waals surface area contributed by atoms with Crippen LogP contribution in [0.25, 0.3) is 0 Å². The molecule has 2 nitrogen and oxygen atoms in total. The second-order valence-corrected chi connectivity index (χ2v) is 4.08. The Morgan fingerprint density at radius 1 is 1.20 bits per heavy atom. The smallest absolute Gasteiger partial charge is 0.241 e. The first-order valence-corrected chi connectivity index (χ1v) is 5.41. The highest BCUT2D eigenvalue weighted by atomic mass is 35.5. The van der Waals surface area contributed by atoms with Crippen LogP contribution < -0.4 is 4.90 Å². The number of rotatable bonds is 2. The van der Waals surface area contributed by atoms with E-state index in [0.717, 1.165) is 11.3 Å². The van der Waals surface area contributed by atoms with E-state index < -0.39 is 0 Å². The Kier molecular flexibility index (Phi) is 3.75. The molecular weight excluding hydrogens is 210 g/mol. The van der Waals surface area contributed by atoms with Crippen molar-refractivity contribution in [2.75, 3.05) is 17.8 Å². The molecule has 1 aromatic carbocycles. The van der Waals surface area contributed by atoms with Crippen molar-refractivity contribution in [2.24, 2.45) is 0 Å². The second kappa shape index (κ2) is 4.67. The van der Waals surface area contributed by atoms with Gasteiger partial charge in [0.2, 0.25) is 5.91 Å². The number of carbonyl (C=O) groups excluding carboxylic acids is 1. The van der Waals surface area contributed by atoms with Gasteiger partial charge in [-0.15, -0.1) is 11.6 Å². The summed E-state index contributed by atoms with van der Waals surface area (Å²) in [6.45, 7) is 6.10. The quantitative estimate of drug-likeness (QED) is 0.709. The molecule has 0 radical (unpaired) electrons. The number of amides is 1. The molecule has 15 heavy (non-hydrogen) atoms. The summed E-state index contributed by atoms with van der Waals surface area (Å²) in [5.41, 5.74) is 4.45. The fourth-order valence-corrected chi connectivity index (χ4v) is 1.71. The maximum Gasteiger partial charge on any atom is 0.241 e. The molecule has 0 bridgehead atoms. The summed E-state index contributed by atoms with van der Waals surface area (Å²) in [6.07, 6.45) is 0. The lowest BCUT2D eigenvalue weighted by Gasteiger charge is -2.20. The minimum Gasteiger partial charge on any atom is -0.314 e. The molecule has 0 spiro atoms. The van der Waals surface area contributed by atoms with Crippen LogP contribution in [-0.4, -0.2) is 18.8 Å². The van der Waals surface area contributed by atoms with E-state index in [2.05, 4.69) is 13.0 Å². The predicted molar refractivity (Wildman–Crippen MR) is 64.8 cm³/mol. The lowest BCUT2D eigenvalue weighted by molar-refractivity contribution is -0.116. The van der Waals surface area contributed by atoms with Crippen LogP contribution in [0.4, 0.5) is 5.69 Å². The molecule has 0 fully saturated rings. The van der Waals surface area contributed by atoms with Crippen LogP contribution in [0.1, 0.15) is 16.7 Å².